The molecule has 4 heteroatoms. The molecule has 0 aliphatic carbocycles. The van der Waals surface area contributed by atoms with Gasteiger partial charge in [0.2, 0.25) is 5.91 Å². The molecule has 0 aromatic rings. The van der Waals surface area contributed by atoms with Crippen molar-refractivity contribution in [1.29, 1.82) is 0 Å². The molecule has 3 unspecified atom stereocenters. The molecule has 0 aromatic heterocycles. The standard InChI is InChI=1S/C13H26N2O2/c1-9(2)12(8-17-4)15-13(16)11-5-10(3)6-14-7-11/h9-12,14H,5-8H2,1-4H3,(H,15,16). The molecule has 1 amide bonds. The Morgan fingerprint density at radius 3 is 2.71 bits per heavy atom. The number of nitrogens with one attached hydrogen (secondary N) is 2. The van der Waals surface area contributed by atoms with Crippen molar-refractivity contribution in [1.82, 2.24) is 10.6 Å². The van der Waals surface area contributed by atoms with Gasteiger partial charge >= 0.3 is 0 Å². The van der Waals surface area contributed by atoms with Gasteiger partial charge in [-0.1, -0.05) is 20.8 Å². The number of rotatable bonds is 5. The van der Waals surface area contributed by atoms with E-state index in [1.54, 1.807) is 7.11 Å². The molecule has 3 atom stereocenters. The summed E-state index contributed by atoms with van der Waals surface area (Å²) in [6, 6.07) is 0.115. The molecular formula is C13H26N2O2. The first kappa shape index (κ1) is 14.5. The van der Waals surface area contributed by atoms with E-state index >= 15 is 0 Å². The van der Waals surface area contributed by atoms with Gasteiger partial charge in [0.15, 0.2) is 0 Å². The van der Waals surface area contributed by atoms with Crippen LogP contribution in [0.5, 0.6) is 0 Å². The minimum Gasteiger partial charge on any atom is -0.383 e. The molecular weight excluding hydrogens is 216 g/mol. The summed E-state index contributed by atoms with van der Waals surface area (Å²) in [5, 5.41) is 6.41. The Kier molecular flexibility index (Phi) is 5.92. The van der Waals surface area contributed by atoms with Crippen molar-refractivity contribution in [2.75, 3.05) is 26.8 Å². The summed E-state index contributed by atoms with van der Waals surface area (Å²) in [5.41, 5.74) is 0. The van der Waals surface area contributed by atoms with Gasteiger partial charge < -0.3 is 15.4 Å². The molecule has 0 spiro atoms. The lowest BCUT2D eigenvalue weighted by Crippen LogP contribution is -2.49. The average molecular weight is 242 g/mol. The van der Waals surface area contributed by atoms with Crippen LogP contribution in [-0.2, 0) is 9.53 Å². The van der Waals surface area contributed by atoms with Crippen LogP contribution in [0, 0.1) is 17.8 Å². The summed E-state index contributed by atoms with van der Waals surface area (Å²) >= 11 is 0. The lowest BCUT2D eigenvalue weighted by Gasteiger charge is -2.29. The smallest absolute Gasteiger partial charge is 0.224 e. The van der Waals surface area contributed by atoms with Crippen molar-refractivity contribution in [3.05, 3.63) is 0 Å². The predicted octanol–water partition coefficient (Wildman–Crippen LogP) is 1.02. The highest BCUT2D eigenvalue weighted by Gasteiger charge is 2.27. The number of carbonyl (C=O) groups is 1. The van der Waals surface area contributed by atoms with E-state index in [1.165, 1.54) is 0 Å². The van der Waals surface area contributed by atoms with Crippen LogP contribution in [-0.4, -0.2) is 38.8 Å². The fourth-order valence-corrected chi connectivity index (χ4v) is 2.24. The molecule has 4 nitrogen and oxygen atoms in total. The highest BCUT2D eigenvalue weighted by Crippen LogP contribution is 2.16. The lowest BCUT2D eigenvalue weighted by atomic mass is 9.90. The summed E-state index contributed by atoms with van der Waals surface area (Å²) in [6.07, 6.45) is 0.983. The van der Waals surface area contributed by atoms with E-state index in [9.17, 15) is 4.79 Å². The minimum atomic E-state index is 0.108. The van der Waals surface area contributed by atoms with Crippen molar-refractivity contribution in [3.8, 4) is 0 Å². The summed E-state index contributed by atoms with van der Waals surface area (Å²) in [7, 11) is 1.67. The zero-order valence-electron chi connectivity index (χ0n) is 11.5. The Hall–Kier alpha value is -0.610. The summed E-state index contributed by atoms with van der Waals surface area (Å²) < 4.78 is 5.14. The van der Waals surface area contributed by atoms with E-state index in [-0.39, 0.29) is 17.9 Å². The summed E-state index contributed by atoms with van der Waals surface area (Å²) in [5.74, 6) is 1.25. The van der Waals surface area contributed by atoms with E-state index in [0.717, 1.165) is 19.5 Å². The van der Waals surface area contributed by atoms with Gasteiger partial charge in [-0.15, -0.1) is 0 Å². The third-order valence-corrected chi connectivity index (χ3v) is 3.42. The molecule has 0 radical (unpaired) electrons. The molecule has 1 aliphatic rings. The third kappa shape index (κ3) is 4.64. The third-order valence-electron chi connectivity index (χ3n) is 3.42. The number of carbonyl (C=O) groups excluding carboxylic acids is 1. The number of methoxy groups -OCH3 is 1. The molecule has 2 N–H and O–H groups in total. The van der Waals surface area contributed by atoms with Crippen LogP contribution in [0.25, 0.3) is 0 Å². The van der Waals surface area contributed by atoms with Crippen LogP contribution in [0.15, 0.2) is 0 Å². The zero-order valence-corrected chi connectivity index (χ0v) is 11.5. The first-order valence-electron chi connectivity index (χ1n) is 6.54. The van der Waals surface area contributed by atoms with E-state index < -0.39 is 0 Å². The summed E-state index contributed by atoms with van der Waals surface area (Å²) in [6.45, 7) is 8.79. The Morgan fingerprint density at radius 2 is 2.18 bits per heavy atom. The topological polar surface area (TPSA) is 50.4 Å². The number of hydrogen-bond acceptors (Lipinski definition) is 3. The second kappa shape index (κ2) is 6.97. The molecule has 1 saturated heterocycles. The van der Waals surface area contributed by atoms with Crippen LogP contribution < -0.4 is 10.6 Å². The van der Waals surface area contributed by atoms with Gasteiger partial charge in [0.05, 0.1) is 18.6 Å². The molecule has 1 heterocycles. The molecule has 0 bridgehead atoms. The maximum atomic E-state index is 12.1. The molecule has 17 heavy (non-hydrogen) atoms. The van der Waals surface area contributed by atoms with Crippen LogP contribution in [0.1, 0.15) is 27.2 Å². The number of amides is 1. The number of piperidine rings is 1. The maximum Gasteiger partial charge on any atom is 0.224 e. The van der Waals surface area contributed by atoms with Crippen molar-refractivity contribution in [2.24, 2.45) is 17.8 Å². The molecule has 0 saturated carbocycles. The van der Waals surface area contributed by atoms with E-state index in [1.807, 2.05) is 0 Å². The summed E-state index contributed by atoms with van der Waals surface area (Å²) in [4.78, 5) is 12.1. The average Bonchev–Trinajstić information content (AvgIpc) is 2.28. The Morgan fingerprint density at radius 1 is 1.47 bits per heavy atom. The van der Waals surface area contributed by atoms with Crippen LogP contribution >= 0.6 is 0 Å². The first-order chi connectivity index (χ1) is 8.04. The van der Waals surface area contributed by atoms with Gasteiger partial charge in [-0.2, -0.15) is 0 Å². The second-order valence-corrected chi connectivity index (χ2v) is 5.51. The van der Waals surface area contributed by atoms with Gasteiger partial charge in [0, 0.05) is 13.7 Å². The van der Waals surface area contributed by atoms with E-state index in [4.69, 9.17) is 4.74 Å². The van der Waals surface area contributed by atoms with Crippen molar-refractivity contribution in [3.63, 3.8) is 0 Å². The van der Waals surface area contributed by atoms with Gasteiger partial charge in [-0.05, 0) is 24.8 Å². The fraction of sp³-hybridized carbons (Fsp3) is 0.923. The number of ether oxygens (including phenoxy) is 1. The Bertz CT molecular complexity index is 244. The van der Waals surface area contributed by atoms with Crippen LogP contribution in [0.2, 0.25) is 0 Å². The zero-order chi connectivity index (χ0) is 12.8. The van der Waals surface area contributed by atoms with E-state index in [0.29, 0.717) is 18.4 Å². The monoisotopic (exact) mass is 242 g/mol. The normalized spacial score (nSPS) is 26.9. The highest BCUT2D eigenvalue weighted by molar-refractivity contribution is 5.79. The molecule has 1 rings (SSSR count). The fourth-order valence-electron chi connectivity index (χ4n) is 2.24. The van der Waals surface area contributed by atoms with Crippen molar-refractivity contribution < 1.29 is 9.53 Å². The van der Waals surface area contributed by atoms with Crippen molar-refractivity contribution >= 4 is 5.91 Å². The first-order valence-corrected chi connectivity index (χ1v) is 6.54. The van der Waals surface area contributed by atoms with Gasteiger partial charge in [0.1, 0.15) is 0 Å². The quantitative estimate of drug-likeness (QED) is 0.757. The van der Waals surface area contributed by atoms with Gasteiger partial charge in [-0.25, -0.2) is 0 Å². The lowest BCUT2D eigenvalue weighted by molar-refractivity contribution is -0.127. The largest absolute Gasteiger partial charge is 0.383 e. The SMILES string of the molecule is COCC(NC(=O)C1CNCC(C)C1)C(C)C. The maximum absolute atomic E-state index is 12.1. The molecule has 1 aliphatic heterocycles. The Balaban J connectivity index is 2.45. The van der Waals surface area contributed by atoms with E-state index in [2.05, 4.69) is 31.4 Å². The van der Waals surface area contributed by atoms with Crippen molar-refractivity contribution in [2.45, 2.75) is 33.2 Å². The van der Waals surface area contributed by atoms with Gasteiger partial charge in [-0.3, -0.25) is 4.79 Å². The molecule has 1 fully saturated rings. The minimum absolute atomic E-state index is 0.108. The van der Waals surface area contributed by atoms with Crippen LogP contribution in [0.4, 0.5) is 0 Å². The highest BCUT2D eigenvalue weighted by atomic mass is 16.5. The Labute approximate surface area is 104 Å². The predicted molar refractivity (Wildman–Crippen MR) is 68.8 cm³/mol. The second-order valence-electron chi connectivity index (χ2n) is 5.51. The molecule has 0 aromatic carbocycles. The van der Waals surface area contributed by atoms with Gasteiger partial charge in [0.25, 0.3) is 0 Å². The van der Waals surface area contributed by atoms with Crippen LogP contribution in [0.3, 0.4) is 0 Å². The molecule has 100 valence electrons. The number of hydrogen-bond donors (Lipinski definition) is 2.